The molecular formula is C16H18FNS. The van der Waals surface area contributed by atoms with Gasteiger partial charge in [0.25, 0.3) is 0 Å². The van der Waals surface area contributed by atoms with E-state index in [2.05, 4.69) is 18.3 Å². The molecule has 2 aromatic rings. The van der Waals surface area contributed by atoms with Crippen molar-refractivity contribution >= 4 is 17.4 Å². The van der Waals surface area contributed by atoms with Crippen molar-refractivity contribution in [3.05, 3.63) is 59.9 Å². The molecule has 1 atom stereocenters. The van der Waals surface area contributed by atoms with Crippen LogP contribution in [-0.4, -0.2) is 6.26 Å². The van der Waals surface area contributed by atoms with Crippen molar-refractivity contribution in [1.82, 2.24) is 0 Å². The number of rotatable bonds is 5. The highest BCUT2D eigenvalue weighted by molar-refractivity contribution is 7.98. The zero-order chi connectivity index (χ0) is 13.7. The molecule has 2 rings (SSSR count). The first kappa shape index (κ1) is 13.9. The van der Waals surface area contributed by atoms with Gasteiger partial charge >= 0.3 is 0 Å². The molecule has 1 nitrogen and oxygen atoms in total. The van der Waals surface area contributed by atoms with Gasteiger partial charge in [-0.05, 0) is 30.9 Å². The predicted molar refractivity (Wildman–Crippen MR) is 81.3 cm³/mol. The average Bonchev–Trinajstić information content (AvgIpc) is 2.46. The van der Waals surface area contributed by atoms with Crippen molar-refractivity contribution in [3.8, 4) is 0 Å². The summed E-state index contributed by atoms with van der Waals surface area (Å²) in [4.78, 5) is 1.18. The van der Waals surface area contributed by atoms with Crippen LogP contribution in [0.1, 0.15) is 24.9 Å². The van der Waals surface area contributed by atoms with Crippen LogP contribution < -0.4 is 5.32 Å². The molecule has 0 aromatic heterocycles. The monoisotopic (exact) mass is 275 g/mol. The summed E-state index contributed by atoms with van der Waals surface area (Å²) in [6.45, 7) is 2.06. The van der Waals surface area contributed by atoms with Gasteiger partial charge in [-0.1, -0.05) is 37.3 Å². The average molecular weight is 275 g/mol. The van der Waals surface area contributed by atoms with Gasteiger partial charge in [0.1, 0.15) is 5.82 Å². The Hall–Kier alpha value is -1.48. The quantitative estimate of drug-likeness (QED) is 0.761. The Labute approximate surface area is 118 Å². The summed E-state index contributed by atoms with van der Waals surface area (Å²) in [5, 5.41) is 3.44. The summed E-state index contributed by atoms with van der Waals surface area (Å²) in [6.07, 6.45) is 2.88. The summed E-state index contributed by atoms with van der Waals surface area (Å²) in [7, 11) is 0. The first-order valence-corrected chi connectivity index (χ1v) is 7.62. The molecule has 0 saturated carbocycles. The highest BCUT2D eigenvalue weighted by atomic mass is 32.2. The minimum atomic E-state index is -0.150. The smallest absolute Gasteiger partial charge is 0.128 e. The van der Waals surface area contributed by atoms with E-state index in [9.17, 15) is 4.39 Å². The third-order valence-electron chi connectivity index (χ3n) is 3.13. The van der Waals surface area contributed by atoms with E-state index >= 15 is 0 Å². The van der Waals surface area contributed by atoms with Gasteiger partial charge in [0, 0.05) is 16.1 Å². The minimum absolute atomic E-state index is 0.00509. The Bertz CT molecular complexity index is 542. The van der Waals surface area contributed by atoms with Gasteiger partial charge in [0.2, 0.25) is 0 Å². The Kier molecular flexibility index (Phi) is 4.86. The molecule has 0 bridgehead atoms. The summed E-state index contributed by atoms with van der Waals surface area (Å²) < 4.78 is 13.9. The first-order valence-electron chi connectivity index (χ1n) is 6.40. The summed E-state index contributed by atoms with van der Waals surface area (Å²) >= 11 is 1.69. The van der Waals surface area contributed by atoms with Crippen LogP contribution in [0.25, 0.3) is 0 Å². The summed E-state index contributed by atoms with van der Waals surface area (Å²) in [5.41, 5.74) is 1.78. The van der Waals surface area contributed by atoms with Crippen LogP contribution in [0.15, 0.2) is 53.4 Å². The van der Waals surface area contributed by atoms with Crippen molar-refractivity contribution in [2.75, 3.05) is 11.6 Å². The molecule has 0 radical (unpaired) electrons. The number of anilines is 1. The fraction of sp³-hybridized carbons (Fsp3) is 0.250. The maximum absolute atomic E-state index is 13.9. The van der Waals surface area contributed by atoms with E-state index in [4.69, 9.17) is 0 Å². The lowest BCUT2D eigenvalue weighted by Crippen LogP contribution is -2.11. The molecule has 0 aliphatic heterocycles. The number of nitrogens with one attached hydrogen (secondary N) is 1. The lowest BCUT2D eigenvalue weighted by atomic mass is 10.0. The molecule has 1 unspecified atom stereocenters. The molecule has 0 spiro atoms. The molecule has 0 fully saturated rings. The Balaban J connectivity index is 2.27. The van der Waals surface area contributed by atoms with Gasteiger partial charge in [0.15, 0.2) is 0 Å². The molecule has 0 heterocycles. The largest absolute Gasteiger partial charge is 0.377 e. The fourth-order valence-corrected chi connectivity index (χ4v) is 2.67. The third kappa shape index (κ3) is 3.29. The van der Waals surface area contributed by atoms with Crippen LogP contribution in [0.3, 0.4) is 0 Å². The molecule has 100 valence electrons. The van der Waals surface area contributed by atoms with Gasteiger partial charge < -0.3 is 5.32 Å². The number of benzene rings is 2. The van der Waals surface area contributed by atoms with Crippen LogP contribution in [-0.2, 0) is 0 Å². The van der Waals surface area contributed by atoms with Gasteiger partial charge in [-0.3, -0.25) is 0 Å². The Morgan fingerprint density at radius 1 is 1.11 bits per heavy atom. The second-order valence-electron chi connectivity index (χ2n) is 4.33. The van der Waals surface area contributed by atoms with Crippen molar-refractivity contribution in [2.45, 2.75) is 24.3 Å². The van der Waals surface area contributed by atoms with Crippen molar-refractivity contribution in [1.29, 1.82) is 0 Å². The summed E-state index contributed by atoms with van der Waals surface area (Å²) in [5.74, 6) is -0.150. The summed E-state index contributed by atoms with van der Waals surface area (Å²) in [6, 6.07) is 15.1. The van der Waals surface area contributed by atoms with Crippen molar-refractivity contribution < 1.29 is 4.39 Å². The van der Waals surface area contributed by atoms with E-state index in [0.717, 1.165) is 17.7 Å². The molecule has 0 aliphatic carbocycles. The predicted octanol–water partition coefficient (Wildman–Crippen LogP) is 5.11. The standard InChI is InChI=1S/C16H18FNS/c1-3-14(12-8-4-5-9-13(12)17)18-15-10-6-7-11-16(15)19-2/h4-11,14,18H,3H2,1-2H3. The molecule has 3 heteroatoms. The molecule has 0 amide bonds. The topological polar surface area (TPSA) is 12.0 Å². The lowest BCUT2D eigenvalue weighted by Gasteiger charge is -2.21. The van der Waals surface area contributed by atoms with Gasteiger partial charge in [0.05, 0.1) is 6.04 Å². The maximum atomic E-state index is 13.9. The van der Waals surface area contributed by atoms with E-state index in [1.807, 2.05) is 36.6 Å². The molecule has 2 aromatic carbocycles. The van der Waals surface area contributed by atoms with E-state index in [1.165, 1.54) is 11.0 Å². The molecule has 1 N–H and O–H groups in total. The number of hydrogen-bond acceptors (Lipinski definition) is 2. The van der Waals surface area contributed by atoms with Gasteiger partial charge in [-0.15, -0.1) is 11.8 Å². The lowest BCUT2D eigenvalue weighted by molar-refractivity contribution is 0.587. The van der Waals surface area contributed by atoms with Crippen LogP contribution in [0.4, 0.5) is 10.1 Å². The van der Waals surface area contributed by atoms with Gasteiger partial charge in [-0.25, -0.2) is 4.39 Å². The Morgan fingerprint density at radius 3 is 2.47 bits per heavy atom. The Morgan fingerprint density at radius 2 is 1.79 bits per heavy atom. The second kappa shape index (κ2) is 6.62. The van der Waals surface area contributed by atoms with Crippen LogP contribution in [0, 0.1) is 5.82 Å². The molecule has 0 aliphatic rings. The maximum Gasteiger partial charge on any atom is 0.128 e. The number of thioether (sulfide) groups is 1. The second-order valence-corrected chi connectivity index (χ2v) is 5.18. The molecule has 0 saturated heterocycles. The SMILES string of the molecule is CCC(Nc1ccccc1SC)c1ccccc1F. The number of hydrogen-bond donors (Lipinski definition) is 1. The van der Waals surface area contributed by atoms with E-state index < -0.39 is 0 Å². The third-order valence-corrected chi connectivity index (χ3v) is 3.92. The normalized spacial score (nSPS) is 12.2. The van der Waals surface area contributed by atoms with Crippen molar-refractivity contribution in [2.24, 2.45) is 0 Å². The van der Waals surface area contributed by atoms with Gasteiger partial charge in [-0.2, -0.15) is 0 Å². The van der Waals surface area contributed by atoms with Crippen LogP contribution in [0.2, 0.25) is 0 Å². The van der Waals surface area contributed by atoms with Crippen LogP contribution in [0.5, 0.6) is 0 Å². The number of halogens is 1. The van der Waals surface area contributed by atoms with E-state index in [0.29, 0.717) is 0 Å². The zero-order valence-corrected chi connectivity index (χ0v) is 12.0. The van der Waals surface area contributed by atoms with E-state index in [-0.39, 0.29) is 11.9 Å². The highest BCUT2D eigenvalue weighted by Crippen LogP contribution is 2.30. The van der Waals surface area contributed by atoms with Crippen molar-refractivity contribution in [3.63, 3.8) is 0 Å². The highest BCUT2D eigenvalue weighted by Gasteiger charge is 2.14. The van der Waals surface area contributed by atoms with E-state index in [1.54, 1.807) is 17.8 Å². The zero-order valence-electron chi connectivity index (χ0n) is 11.2. The minimum Gasteiger partial charge on any atom is -0.377 e. The number of para-hydroxylation sites is 1. The first-order chi connectivity index (χ1) is 9.26. The fourth-order valence-electron chi connectivity index (χ4n) is 2.11. The van der Waals surface area contributed by atoms with Crippen LogP contribution >= 0.6 is 11.8 Å². The molecular weight excluding hydrogens is 257 g/mol. The molecule has 19 heavy (non-hydrogen) atoms.